The van der Waals surface area contributed by atoms with Crippen molar-refractivity contribution in [2.75, 3.05) is 11.9 Å². The van der Waals surface area contributed by atoms with Crippen LogP contribution in [0.3, 0.4) is 0 Å². The van der Waals surface area contributed by atoms with Crippen LogP contribution in [0.25, 0.3) is 0 Å². The first-order valence-corrected chi connectivity index (χ1v) is 9.59. The van der Waals surface area contributed by atoms with Crippen LogP contribution in [0.5, 0.6) is 5.75 Å². The number of hydrogen-bond acceptors (Lipinski definition) is 6. The van der Waals surface area contributed by atoms with Crippen LogP contribution in [0, 0.1) is 17.0 Å². The fraction of sp³-hybridized carbons (Fsp3) is 0.0870. The van der Waals surface area contributed by atoms with Gasteiger partial charge in [0.15, 0.2) is 6.61 Å². The molecule has 3 aromatic carbocycles. The second-order valence-electron chi connectivity index (χ2n) is 6.70. The van der Waals surface area contributed by atoms with Crippen LogP contribution in [-0.4, -0.2) is 29.6 Å². The van der Waals surface area contributed by atoms with E-state index in [1.165, 1.54) is 24.4 Å². The summed E-state index contributed by atoms with van der Waals surface area (Å²) in [5.74, 6) is -0.508. The molecule has 162 valence electrons. The van der Waals surface area contributed by atoms with Crippen LogP contribution in [0.15, 0.2) is 77.9 Å². The summed E-state index contributed by atoms with van der Waals surface area (Å²) >= 11 is 0. The third-order valence-electron chi connectivity index (χ3n) is 4.39. The Labute approximate surface area is 183 Å². The van der Waals surface area contributed by atoms with E-state index >= 15 is 0 Å². The van der Waals surface area contributed by atoms with Crippen molar-refractivity contribution in [3.63, 3.8) is 0 Å². The summed E-state index contributed by atoms with van der Waals surface area (Å²) in [6.07, 6.45) is 1.36. The van der Waals surface area contributed by atoms with Gasteiger partial charge in [0.05, 0.1) is 11.1 Å². The first kappa shape index (κ1) is 22.2. The molecule has 9 heteroatoms. The predicted molar refractivity (Wildman–Crippen MR) is 120 cm³/mol. The van der Waals surface area contributed by atoms with E-state index in [9.17, 15) is 19.7 Å². The number of carbonyl (C=O) groups is 2. The fourth-order valence-electron chi connectivity index (χ4n) is 2.75. The van der Waals surface area contributed by atoms with Crippen LogP contribution < -0.4 is 15.5 Å². The molecule has 2 N–H and O–H groups in total. The van der Waals surface area contributed by atoms with Gasteiger partial charge in [0.1, 0.15) is 5.75 Å². The molecular weight excluding hydrogens is 412 g/mol. The summed E-state index contributed by atoms with van der Waals surface area (Å²) in [5, 5.41) is 17.5. The number of hydrazone groups is 1. The quantitative estimate of drug-likeness (QED) is 0.319. The standard InChI is InChI=1S/C23H20N4O5/c1-16-7-2-4-11-20(16)25-22(28)15-32-21-12-5-3-8-18(21)14-24-26-23(29)17-9-6-10-19(13-17)27(30)31/h2-14H,15H2,1H3,(H,25,28)(H,26,29)/b24-14+. The molecule has 32 heavy (non-hydrogen) atoms. The highest BCUT2D eigenvalue weighted by atomic mass is 16.6. The molecule has 0 spiro atoms. The van der Waals surface area contributed by atoms with Gasteiger partial charge in [-0.05, 0) is 36.8 Å². The molecule has 0 aliphatic rings. The Bertz CT molecular complexity index is 1180. The van der Waals surface area contributed by atoms with Gasteiger partial charge in [0.2, 0.25) is 0 Å². The molecule has 0 bridgehead atoms. The van der Waals surface area contributed by atoms with E-state index in [-0.39, 0.29) is 23.8 Å². The molecule has 0 fully saturated rings. The number of nitrogens with one attached hydrogen (secondary N) is 2. The minimum absolute atomic E-state index is 0.105. The second-order valence-corrected chi connectivity index (χ2v) is 6.70. The number of rotatable bonds is 8. The Hall–Kier alpha value is -4.53. The number of benzene rings is 3. The highest BCUT2D eigenvalue weighted by molar-refractivity contribution is 5.96. The van der Waals surface area contributed by atoms with E-state index in [0.29, 0.717) is 17.0 Å². The van der Waals surface area contributed by atoms with Crippen LogP contribution in [-0.2, 0) is 4.79 Å². The van der Waals surface area contributed by atoms with Gasteiger partial charge in [0, 0.05) is 28.9 Å². The Morgan fingerprint density at radius 2 is 1.81 bits per heavy atom. The summed E-state index contributed by atoms with van der Waals surface area (Å²) in [6.45, 7) is 1.68. The van der Waals surface area contributed by atoms with Gasteiger partial charge in [0.25, 0.3) is 17.5 Å². The summed E-state index contributed by atoms with van der Waals surface area (Å²) in [5.41, 5.74) is 4.42. The lowest BCUT2D eigenvalue weighted by molar-refractivity contribution is -0.384. The van der Waals surface area contributed by atoms with Crippen molar-refractivity contribution in [1.82, 2.24) is 5.43 Å². The highest BCUT2D eigenvalue weighted by Gasteiger charge is 2.11. The third kappa shape index (κ3) is 5.99. The zero-order chi connectivity index (χ0) is 22.9. The number of ether oxygens (including phenoxy) is 1. The van der Waals surface area contributed by atoms with E-state index in [2.05, 4.69) is 15.8 Å². The van der Waals surface area contributed by atoms with Gasteiger partial charge in [-0.2, -0.15) is 5.10 Å². The average Bonchev–Trinajstić information content (AvgIpc) is 2.80. The number of anilines is 1. The Kier molecular flexibility index (Phi) is 7.26. The van der Waals surface area contributed by atoms with Crippen molar-refractivity contribution in [3.8, 4) is 5.75 Å². The van der Waals surface area contributed by atoms with Crippen molar-refractivity contribution in [2.24, 2.45) is 5.10 Å². The van der Waals surface area contributed by atoms with Gasteiger partial charge in [-0.3, -0.25) is 19.7 Å². The highest BCUT2D eigenvalue weighted by Crippen LogP contribution is 2.17. The monoisotopic (exact) mass is 432 g/mol. The summed E-state index contributed by atoms with van der Waals surface area (Å²) < 4.78 is 5.60. The Morgan fingerprint density at radius 1 is 1.06 bits per heavy atom. The zero-order valence-corrected chi connectivity index (χ0v) is 17.1. The normalized spacial score (nSPS) is 10.5. The predicted octanol–water partition coefficient (Wildman–Crippen LogP) is 3.68. The number of nitro benzene ring substituents is 1. The topological polar surface area (TPSA) is 123 Å². The van der Waals surface area contributed by atoms with E-state index in [4.69, 9.17) is 4.74 Å². The van der Waals surface area contributed by atoms with E-state index in [1.807, 2.05) is 25.1 Å². The van der Waals surface area contributed by atoms with Crippen molar-refractivity contribution in [2.45, 2.75) is 6.92 Å². The van der Waals surface area contributed by atoms with Crippen molar-refractivity contribution in [1.29, 1.82) is 0 Å². The van der Waals surface area contributed by atoms with Crippen LogP contribution in [0.4, 0.5) is 11.4 Å². The first-order chi connectivity index (χ1) is 15.4. The molecule has 0 atom stereocenters. The van der Waals surface area contributed by atoms with Crippen LogP contribution in [0.2, 0.25) is 0 Å². The minimum atomic E-state index is -0.596. The maximum Gasteiger partial charge on any atom is 0.271 e. The number of nitrogens with zero attached hydrogens (tertiary/aromatic N) is 2. The molecule has 0 radical (unpaired) electrons. The molecule has 0 unspecified atom stereocenters. The lowest BCUT2D eigenvalue weighted by Crippen LogP contribution is -2.21. The Balaban J connectivity index is 1.60. The molecule has 0 saturated carbocycles. The summed E-state index contributed by atoms with van der Waals surface area (Å²) in [7, 11) is 0. The number of nitro groups is 1. The molecular formula is C23H20N4O5. The molecule has 9 nitrogen and oxygen atoms in total. The average molecular weight is 432 g/mol. The number of para-hydroxylation sites is 2. The van der Waals surface area contributed by atoms with Crippen LogP contribution in [0.1, 0.15) is 21.5 Å². The van der Waals surface area contributed by atoms with E-state index < -0.39 is 10.8 Å². The maximum absolute atomic E-state index is 12.2. The van der Waals surface area contributed by atoms with Gasteiger partial charge < -0.3 is 10.1 Å². The van der Waals surface area contributed by atoms with Crippen molar-refractivity contribution >= 4 is 29.4 Å². The van der Waals surface area contributed by atoms with Crippen molar-refractivity contribution in [3.05, 3.63) is 99.6 Å². The van der Waals surface area contributed by atoms with E-state index in [1.54, 1.807) is 30.3 Å². The SMILES string of the molecule is Cc1ccccc1NC(=O)COc1ccccc1/C=N/NC(=O)c1cccc([N+](=O)[O-])c1. The van der Waals surface area contributed by atoms with Crippen molar-refractivity contribution < 1.29 is 19.2 Å². The molecule has 0 saturated heterocycles. The molecule has 0 aromatic heterocycles. The van der Waals surface area contributed by atoms with Gasteiger partial charge in [-0.25, -0.2) is 5.43 Å². The smallest absolute Gasteiger partial charge is 0.271 e. The molecule has 2 amide bonds. The lowest BCUT2D eigenvalue weighted by Gasteiger charge is -2.11. The largest absolute Gasteiger partial charge is 0.483 e. The first-order valence-electron chi connectivity index (χ1n) is 9.59. The van der Waals surface area contributed by atoms with Gasteiger partial charge in [-0.15, -0.1) is 0 Å². The second kappa shape index (κ2) is 10.5. The van der Waals surface area contributed by atoms with Gasteiger partial charge >= 0.3 is 0 Å². The summed E-state index contributed by atoms with van der Waals surface area (Å²) in [6, 6.07) is 19.6. The zero-order valence-electron chi connectivity index (χ0n) is 17.1. The van der Waals surface area contributed by atoms with Gasteiger partial charge in [-0.1, -0.05) is 36.4 Å². The number of carbonyl (C=O) groups excluding carboxylic acids is 2. The maximum atomic E-state index is 12.2. The molecule has 0 aliphatic heterocycles. The Morgan fingerprint density at radius 3 is 2.59 bits per heavy atom. The molecule has 3 aromatic rings. The molecule has 0 aliphatic carbocycles. The molecule has 3 rings (SSSR count). The number of non-ortho nitro benzene ring substituents is 1. The minimum Gasteiger partial charge on any atom is -0.483 e. The summed E-state index contributed by atoms with van der Waals surface area (Å²) in [4.78, 5) is 34.7. The fourth-order valence-corrected chi connectivity index (χ4v) is 2.75. The lowest BCUT2D eigenvalue weighted by atomic mass is 10.2. The third-order valence-corrected chi connectivity index (χ3v) is 4.39. The molecule has 0 heterocycles. The van der Waals surface area contributed by atoms with Crippen LogP contribution >= 0.6 is 0 Å². The van der Waals surface area contributed by atoms with E-state index in [0.717, 1.165) is 11.6 Å². The number of amides is 2. The number of hydrogen-bond donors (Lipinski definition) is 2. The number of aryl methyl sites for hydroxylation is 1.